The van der Waals surface area contributed by atoms with Crippen LogP contribution in [0.25, 0.3) is 0 Å². The molecule has 0 aromatic carbocycles. The van der Waals surface area contributed by atoms with E-state index in [1.54, 1.807) is 13.8 Å². The molecule has 120 valence electrons. The second-order valence-electron chi connectivity index (χ2n) is 4.28. The Labute approximate surface area is 123 Å². The average molecular weight is 303 g/mol. The molecule has 1 unspecified atom stereocenters. The highest BCUT2D eigenvalue weighted by Crippen LogP contribution is 2.17. The average Bonchev–Trinajstić information content (AvgIpc) is 2.43. The first-order valence-corrected chi connectivity index (χ1v) is 6.59. The van der Waals surface area contributed by atoms with Gasteiger partial charge in [0.15, 0.2) is 12.9 Å². The van der Waals surface area contributed by atoms with Crippen molar-refractivity contribution in [3.8, 4) is 0 Å². The van der Waals surface area contributed by atoms with Gasteiger partial charge in [-0.25, -0.2) is 0 Å². The highest BCUT2D eigenvalue weighted by atomic mass is 16.6. The number of carboxylic acid groups (broad SMARTS) is 1. The van der Waals surface area contributed by atoms with Crippen molar-refractivity contribution in [2.75, 3.05) is 19.7 Å². The van der Waals surface area contributed by atoms with Gasteiger partial charge in [-0.05, 0) is 13.1 Å². The lowest BCUT2D eigenvalue weighted by atomic mass is 10.2. The van der Waals surface area contributed by atoms with E-state index in [4.69, 9.17) is 14.6 Å². The first-order valence-electron chi connectivity index (χ1n) is 6.59. The van der Waals surface area contributed by atoms with E-state index >= 15 is 0 Å². The van der Waals surface area contributed by atoms with Gasteiger partial charge in [0.1, 0.15) is 0 Å². The quantitative estimate of drug-likeness (QED) is 0.346. The summed E-state index contributed by atoms with van der Waals surface area (Å²) in [5.74, 6) is -2.61. The summed E-state index contributed by atoms with van der Waals surface area (Å²) in [6, 6.07) is 0. The largest absolute Gasteiger partial charge is 0.481 e. The summed E-state index contributed by atoms with van der Waals surface area (Å²) < 4.78 is 9.91. The molecule has 0 aliphatic carbocycles. The number of carboxylic acids is 1. The van der Waals surface area contributed by atoms with Crippen molar-refractivity contribution in [3.63, 3.8) is 0 Å². The highest BCUT2D eigenvalue weighted by Gasteiger charge is 2.41. The third-order valence-electron chi connectivity index (χ3n) is 2.80. The van der Waals surface area contributed by atoms with Crippen molar-refractivity contribution >= 4 is 24.2 Å². The SMILES string of the molecule is CCN(CC)C(C=O)(COC(C)=O)OC(=O)CCC(=O)O. The lowest BCUT2D eigenvalue weighted by Gasteiger charge is -2.37. The van der Waals surface area contributed by atoms with E-state index in [2.05, 4.69) is 0 Å². The Kier molecular flexibility index (Phi) is 8.22. The first kappa shape index (κ1) is 19.0. The number of hydrogen-bond acceptors (Lipinski definition) is 7. The number of ether oxygens (including phenoxy) is 2. The van der Waals surface area contributed by atoms with Gasteiger partial charge < -0.3 is 14.6 Å². The third-order valence-corrected chi connectivity index (χ3v) is 2.80. The van der Waals surface area contributed by atoms with E-state index in [-0.39, 0.29) is 6.42 Å². The standard InChI is InChI=1S/C13H21NO7/c1-4-14(5-2)13(8-15,9-20-10(3)16)21-12(19)7-6-11(17)18/h8H,4-7,9H2,1-3H3,(H,17,18). The zero-order valence-electron chi connectivity index (χ0n) is 12.5. The van der Waals surface area contributed by atoms with E-state index in [1.165, 1.54) is 11.8 Å². The maximum absolute atomic E-state index is 11.7. The summed E-state index contributed by atoms with van der Waals surface area (Å²) in [7, 11) is 0. The molecule has 0 aliphatic rings. The second-order valence-corrected chi connectivity index (χ2v) is 4.28. The number of esters is 2. The fourth-order valence-corrected chi connectivity index (χ4v) is 1.74. The van der Waals surface area contributed by atoms with Gasteiger partial charge in [0, 0.05) is 6.92 Å². The Morgan fingerprint density at radius 2 is 1.76 bits per heavy atom. The van der Waals surface area contributed by atoms with Crippen molar-refractivity contribution in [2.24, 2.45) is 0 Å². The Morgan fingerprint density at radius 3 is 2.14 bits per heavy atom. The van der Waals surface area contributed by atoms with Gasteiger partial charge in [-0.15, -0.1) is 0 Å². The summed E-state index contributed by atoms with van der Waals surface area (Å²) >= 11 is 0. The van der Waals surface area contributed by atoms with Crippen LogP contribution in [-0.4, -0.2) is 59.6 Å². The van der Waals surface area contributed by atoms with Gasteiger partial charge in [-0.1, -0.05) is 13.8 Å². The maximum Gasteiger partial charge on any atom is 0.308 e. The zero-order chi connectivity index (χ0) is 16.5. The van der Waals surface area contributed by atoms with Crippen LogP contribution in [0.4, 0.5) is 0 Å². The second kappa shape index (κ2) is 9.06. The van der Waals surface area contributed by atoms with Gasteiger partial charge in [0.05, 0.1) is 12.8 Å². The van der Waals surface area contributed by atoms with Gasteiger partial charge in [0.2, 0.25) is 0 Å². The lowest BCUT2D eigenvalue weighted by molar-refractivity contribution is -0.198. The molecule has 1 atom stereocenters. The van der Waals surface area contributed by atoms with Gasteiger partial charge in [-0.2, -0.15) is 0 Å². The Hall–Kier alpha value is -1.96. The monoisotopic (exact) mass is 303 g/mol. The fourth-order valence-electron chi connectivity index (χ4n) is 1.74. The van der Waals surface area contributed by atoms with Crippen molar-refractivity contribution in [3.05, 3.63) is 0 Å². The van der Waals surface area contributed by atoms with Crippen LogP contribution in [0.2, 0.25) is 0 Å². The van der Waals surface area contributed by atoms with Gasteiger partial charge in [0.25, 0.3) is 5.72 Å². The molecule has 21 heavy (non-hydrogen) atoms. The minimum atomic E-state index is -1.73. The molecule has 8 heteroatoms. The van der Waals surface area contributed by atoms with Crippen molar-refractivity contribution in [1.82, 2.24) is 4.90 Å². The van der Waals surface area contributed by atoms with Crippen LogP contribution in [0.3, 0.4) is 0 Å². The maximum atomic E-state index is 11.7. The van der Waals surface area contributed by atoms with Crippen LogP contribution in [-0.2, 0) is 28.7 Å². The van der Waals surface area contributed by atoms with E-state index in [9.17, 15) is 19.2 Å². The first-order chi connectivity index (χ1) is 9.81. The summed E-state index contributed by atoms with van der Waals surface area (Å²) in [4.78, 5) is 46.0. The number of nitrogens with zero attached hydrogens (tertiary/aromatic N) is 1. The number of hydrogen-bond donors (Lipinski definition) is 1. The summed E-state index contributed by atoms with van der Waals surface area (Å²) in [5, 5.41) is 8.54. The van der Waals surface area contributed by atoms with E-state index in [0.29, 0.717) is 19.4 Å². The molecule has 0 bridgehead atoms. The highest BCUT2D eigenvalue weighted by molar-refractivity contribution is 5.79. The van der Waals surface area contributed by atoms with Crippen LogP contribution in [0, 0.1) is 0 Å². The topological polar surface area (TPSA) is 110 Å². The molecule has 0 saturated heterocycles. The van der Waals surface area contributed by atoms with Crippen LogP contribution >= 0.6 is 0 Å². The number of carbonyl (C=O) groups is 4. The number of aliphatic carboxylic acids is 1. The number of rotatable bonds is 10. The van der Waals surface area contributed by atoms with Crippen molar-refractivity contribution < 1.29 is 33.8 Å². The zero-order valence-corrected chi connectivity index (χ0v) is 12.5. The van der Waals surface area contributed by atoms with E-state index in [1.807, 2.05) is 0 Å². The summed E-state index contributed by atoms with van der Waals surface area (Å²) in [5.41, 5.74) is -1.73. The summed E-state index contributed by atoms with van der Waals surface area (Å²) in [6.07, 6.45) is -0.381. The van der Waals surface area contributed by atoms with Crippen molar-refractivity contribution in [1.29, 1.82) is 0 Å². The Morgan fingerprint density at radius 1 is 1.19 bits per heavy atom. The molecule has 0 heterocycles. The predicted molar refractivity (Wildman–Crippen MR) is 71.3 cm³/mol. The smallest absolute Gasteiger partial charge is 0.308 e. The molecule has 1 N–H and O–H groups in total. The molecule has 0 radical (unpaired) electrons. The minimum absolute atomic E-state index is 0.369. The fraction of sp³-hybridized carbons (Fsp3) is 0.692. The molecular weight excluding hydrogens is 282 g/mol. The molecule has 0 aromatic heterocycles. The van der Waals surface area contributed by atoms with E-state index < -0.39 is 36.7 Å². The Bertz CT molecular complexity index is 392. The predicted octanol–water partition coefficient (Wildman–Crippen LogP) is 0.195. The summed E-state index contributed by atoms with van der Waals surface area (Å²) in [6.45, 7) is 4.99. The number of carbonyl (C=O) groups excluding carboxylic acids is 3. The lowest BCUT2D eigenvalue weighted by Crippen LogP contribution is -2.56. The van der Waals surface area contributed by atoms with Crippen molar-refractivity contribution in [2.45, 2.75) is 39.3 Å². The van der Waals surface area contributed by atoms with Crippen LogP contribution in [0.1, 0.15) is 33.6 Å². The molecule has 0 aliphatic heterocycles. The number of aldehydes is 1. The molecular formula is C13H21NO7. The van der Waals surface area contributed by atoms with Gasteiger partial charge >= 0.3 is 17.9 Å². The van der Waals surface area contributed by atoms with Crippen LogP contribution in [0.5, 0.6) is 0 Å². The minimum Gasteiger partial charge on any atom is -0.481 e. The molecule has 0 aromatic rings. The molecule has 0 fully saturated rings. The van der Waals surface area contributed by atoms with E-state index in [0.717, 1.165) is 0 Å². The normalized spacial score (nSPS) is 13.3. The molecule has 0 spiro atoms. The third kappa shape index (κ3) is 6.35. The van der Waals surface area contributed by atoms with Gasteiger partial charge in [-0.3, -0.25) is 24.1 Å². The Balaban J connectivity index is 5.07. The van der Waals surface area contributed by atoms with Crippen LogP contribution < -0.4 is 0 Å². The molecule has 0 saturated carbocycles. The van der Waals surface area contributed by atoms with Crippen LogP contribution in [0.15, 0.2) is 0 Å². The molecule has 0 rings (SSSR count). The molecule has 0 amide bonds. The molecule has 8 nitrogen and oxygen atoms in total. The number of likely N-dealkylation sites (N-methyl/N-ethyl adjacent to an activating group) is 1.